The lowest BCUT2D eigenvalue weighted by atomic mass is 10.0. The normalized spacial score (nSPS) is 10.8. The molecule has 0 unspecified atom stereocenters. The molecule has 0 fully saturated rings. The Morgan fingerprint density at radius 1 is 1.10 bits per heavy atom. The van der Waals surface area contributed by atoms with Crippen molar-refractivity contribution in [2.45, 2.75) is 6.54 Å². The number of hydrogen-bond donors (Lipinski definition) is 1. The van der Waals surface area contributed by atoms with Gasteiger partial charge in [-0.25, -0.2) is 9.18 Å². The molecule has 2 aromatic carbocycles. The van der Waals surface area contributed by atoms with E-state index in [1.54, 1.807) is 6.07 Å². The van der Waals surface area contributed by atoms with Crippen LogP contribution in [0.15, 0.2) is 42.5 Å². The zero-order valence-corrected chi connectivity index (χ0v) is 11.4. The standard InChI is InChI=1S/C16H16FNO2/c1-18(2)10-11-3-5-12(6-4-11)13-7-8-15(17)14(9-13)16(19)20/h3-9H,10H2,1-2H3,(H,19,20). The number of aromatic carboxylic acids is 1. The predicted molar refractivity (Wildman–Crippen MR) is 76.2 cm³/mol. The molecule has 2 aromatic rings. The predicted octanol–water partition coefficient (Wildman–Crippen LogP) is 3.25. The summed E-state index contributed by atoms with van der Waals surface area (Å²) in [5.74, 6) is -1.97. The van der Waals surface area contributed by atoms with Crippen molar-refractivity contribution in [3.8, 4) is 11.1 Å². The molecule has 1 N–H and O–H groups in total. The Balaban J connectivity index is 2.32. The minimum atomic E-state index is -1.26. The Kier molecular flexibility index (Phi) is 4.15. The fraction of sp³-hybridized carbons (Fsp3) is 0.188. The highest BCUT2D eigenvalue weighted by molar-refractivity contribution is 5.89. The topological polar surface area (TPSA) is 40.5 Å². The quantitative estimate of drug-likeness (QED) is 0.929. The number of carboxylic acids is 1. The van der Waals surface area contributed by atoms with Gasteiger partial charge in [-0.1, -0.05) is 30.3 Å². The molecule has 3 nitrogen and oxygen atoms in total. The van der Waals surface area contributed by atoms with Crippen molar-refractivity contribution in [2.24, 2.45) is 0 Å². The lowest BCUT2D eigenvalue weighted by molar-refractivity contribution is 0.0692. The summed E-state index contributed by atoms with van der Waals surface area (Å²) in [6.07, 6.45) is 0. The molecule has 0 spiro atoms. The van der Waals surface area contributed by atoms with Crippen LogP contribution in [0.3, 0.4) is 0 Å². The van der Waals surface area contributed by atoms with Crippen LogP contribution in [0.25, 0.3) is 11.1 Å². The van der Waals surface area contributed by atoms with Gasteiger partial charge < -0.3 is 10.0 Å². The first-order valence-corrected chi connectivity index (χ1v) is 6.24. The van der Waals surface area contributed by atoms with Crippen molar-refractivity contribution in [1.29, 1.82) is 0 Å². The maximum Gasteiger partial charge on any atom is 0.338 e. The minimum absolute atomic E-state index is 0.306. The van der Waals surface area contributed by atoms with E-state index in [9.17, 15) is 9.18 Å². The smallest absolute Gasteiger partial charge is 0.338 e. The number of hydrogen-bond acceptors (Lipinski definition) is 2. The molecule has 0 aliphatic rings. The lowest BCUT2D eigenvalue weighted by Gasteiger charge is -2.10. The highest BCUT2D eigenvalue weighted by Gasteiger charge is 2.11. The molecular weight excluding hydrogens is 257 g/mol. The van der Waals surface area contributed by atoms with E-state index in [1.807, 2.05) is 38.4 Å². The summed E-state index contributed by atoms with van der Waals surface area (Å²) in [4.78, 5) is 13.0. The maximum atomic E-state index is 13.4. The number of rotatable bonds is 4. The van der Waals surface area contributed by atoms with Gasteiger partial charge in [0.25, 0.3) is 0 Å². The molecule has 0 aromatic heterocycles. The second-order valence-electron chi connectivity index (χ2n) is 4.93. The summed E-state index contributed by atoms with van der Waals surface area (Å²) in [7, 11) is 3.99. The third-order valence-corrected chi connectivity index (χ3v) is 2.98. The van der Waals surface area contributed by atoms with Gasteiger partial charge in [-0.2, -0.15) is 0 Å². The first-order chi connectivity index (χ1) is 9.47. The Morgan fingerprint density at radius 2 is 1.70 bits per heavy atom. The van der Waals surface area contributed by atoms with Crippen LogP contribution in [-0.4, -0.2) is 30.1 Å². The Labute approximate surface area is 117 Å². The molecule has 2 rings (SSSR count). The lowest BCUT2D eigenvalue weighted by Crippen LogP contribution is -2.10. The van der Waals surface area contributed by atoms with Crippen molar-refractivity contribution in [3.63, 3.8) is 0 Å². The van der Waals surface area contributed by atoms with Crippen LogP contribution < -0.4 is 0 Å². The van der Waals surface area contributed by atoms with Crippen LogP contribution in [0.1, 0.15) is 15.9 Å². The summed E-state index contributed by atoms with van der Waals surface area (Å²) in [5.41, 5.74) is 2.43. The third-order valence-electron chi connectivity index (χ3n) is 2.98. The average Bonchev–Trinajstić information content (AvgIpc) is 2.39. The zero-order valence-electron chi connectivity index (χ0n) is 11.4. The van der Waals surface area contributed by atoms with Gasteiger partial charge in [0, 0.05) is 6.54 Å². The molecule has 4 heteroatoms. The first-order valence-electron chi connectivity index (χ1n) is 6.24. The van der Waals surface area contributed by atoms with E-state index < -0.39 is 11.8 Å². The largest absolute Gasteiger partial charge is 0.478 e. The zero-order chi connectivity index (χ0) is 14.7. The summed E-state index contributed by atoms with van der Waals surface area (Å²) >= 11 is 0. The van der Waals surface area contributed by atoms with E-state index in [1.165, 1.54) is 17.7 Å². The third kappa shape index (κ3) is 3.22. The highest BCUT2D eigenvalue weighted by atomic mass is 19.1. The van der Waals surface area contributed by atoms with Crippen LogP contribution in [0.5, 0.6) is 0 Å². The van der Waals surface area contributed by atoms with E-state index in [0.29, 0.717) is 5.56 Å². The monoisotopic (exact) mass is 273 g/mol. The van der Waals surface area contributed by atoms with E-state index in [4.69, 9.17) is 5.11 Å². The second kappa shape index (κ2) is 5.84. The molecule has 0 bridgehead atoms. The molecule has 0 heterocycles. The van der Waals surface area contributed by atoms with Crippen molar-refractivity contribution in [3.05, 3.63) is 59.4 Å². The highest BCUT2D eigenvalue weighted by Crippen LogP contribution is 2.23. The Bertz CT molecular complexity index is 621. The number of benzene rings is 2. The van der Waals surface area contributed by atoms with Gasteiger partial charge in [0.05, 0.1) is 5.56 Å². The number of carbonyl (C=O) groups is 1. The van der Waals surface area contributed by atoms with Gasteiger partial charge in [-0.15, -0.1) is 0 Å². The number of halogens is 1. The summed E-state index contributed by atoms with van der Waals surface area (Å²) in [6, 6.07) is 11.9. The Hall–Kier alpha value is -2.20. The molecule has 0 saturated carbocycles. The van der Waals surface area contributed by atoms with Crippen LogP contribution in [0.2, 0.25) is 0 Å². The summed E-state index contributed by atoms with van der Waals surface area (Å²) in [6.45, 7) is 0.837. The second-order valence-corrected chi connectivity index (χ2v) is 4.93. The van der Waals surface area contributed by atoms with Crippen molar-refractivity contribution >= 4 is 5.97 Å². The molecule has 0 amide bonds. The van der Waals surface area contributed by atoms with E-state index in [0.717, 1.165) is 12.1 Å². The molecule has 0 aliphatic carbocycles. The molecule has 0 radical (unpaired) electrons. The molecule has 0 atom stereocenters. The van der Waals surface area contributed by atoms with Crippen molar-refractivity contribution in [1.82, 2.24) is 4.90 Å². The van der Waals surface area contributed by atoms with Crippen LogP contribution >= 0.6 is 0 Å². The first kappa shape index (κ1) is 14.2. The average molecular weight is 273 g/mol. The summed E-state index contributed by atoms with van der Waals surface area (Å²) < 4.78 is 13.4. The van der Waals surface area contributed by atoms with E-state index >= 15 is 0 Å². The maximum absolute atomic E-state index is 13.4. The van der Waals surface area contributed by atoms with Gasteiger partial charge in [-0.05, 0) is 42.9 Å². The number of carboxylic acid groups (broad SMARTS) is 1. The van der Waals surface area contributed by atoms with Gasteiger partial charge >= 0.3 is 5.97 Å². The molecule has 20 heavy (non-hydrogen) atoms. The molecular formula is C16H16FNO2. The van der Waals surface area contributed by atoms with Gasteiger partial charge in [-0.3, -0.25) is 0 Å². The fourth-order valence-corrected chi connectivity index (χ4v) is 2.04. The molecule has 0 saturated heterocycles. The minimum Gasteiger partial charge on any atom is -0.478 e. The van der Waals surface area contributed by atoms with Gasteiger partial charge in [0.2, 0.25) is 0 Å². The fourth-order valence-electron chi connectivity index (χ4n) is 2.04. The molecule has 104 valence electrons. The van der Waals surface area contributed by atoms with Crippen molar-refractivity contribution < 1.29 is 14.3 Å². The van der Waals surface area contributed by atoms with Crippen LogP contribution in [-0.2, 0) is 6.54 Å². The SMILES string of the molecule is CN(C)Cc1ccc(-c2ccc(F)c(C(=O)O)c2)cc1. The van der Waals surface area contributed by atoms with Gasteiger partial charge in [0.15, 0.2) is 0 Å². The van der Waals surface area contributed by atoms with Crippen LogP contribution in [0.4, 0.5) is 4.39 Å². The molecule has 0 aliphatic heterocycles. The van der Waals surface area contributed by atoms with E-state index in [-0.39, 0.29) is 5.56 Å². The van der Waals surface area contributed by atoms with Crippen LogP contribution in [0, 0.1) is 5.82 Å². The van der Waals surface area contributed by atoms with E-state index in [2.05, 4.69) is 4.90 Å². The van der Waals surface area contributed by atoms with Gasteiger partial charge in [0.1, 0.15) is 5.82 Å². The van der Waals surface area contributed by atoms with Crippen molar-refractivity contribution in [2.75, 3.05) is 14.1 Å². The number of nitrogens with zero attached hydrogens (tertiary/aromatic N) is 1. The summed E-state index contributed by atoms with van der Waals surface area (Å²) in [5, 5.41) is 8.93. The Morgan fingerprint density at radius 3 is 2.25 bits per heavy atom.